The summed E-state index contributed by atoms with van der Waals surface area (Å²) in [6.07, 6.45) is 0. The van der Waals surface area contributed by atoms with Gasteiger partial charge in [0.2, 0.25) is 0 Å². The number of aromatic hydroxyl groups is 1. The average molecular weight is 199 g/mol. The number of fused-ring (bicyclic) bond motifs is 1. The standard InChI is InChI=1S/C9H7ClOS/c1-5-4-12-9-3-7(10)8(11)2-6(5)9/h2-4,11H,1H3. The molecule has 0 aliphatic carbocycles. The quantitative estimate of drug-likeness (QED) is 0.686. The monoisotopic (exact) mass is 198 g/mol. The van der Waals surface area contributed by atoms with Crippen LogP contribution in [0, 0.1) is 6.92 Å². The fourth-order valence-corrected chi connectivity index (χ4v) is 2.36. The summed E-state index contributed by atoms with van der Waals surface area (Å²) in [6, 6.07) is 3.51. The second-order valence-corrected chi connectivity index (χ2v) is 4.04. The first-order chi connectivity index (χ1) is 5.68. The molecule has 1 aromatic carbocycles. The Hall–Kier alpha value is -0.730. The Bertz CT molecular complexity index is 433. The zero-order valence-corrected chi connectivity index (χ0v) is 8.04. The van der Waals surface area contributed by atoms with Gasteiger partial charge in [-0.3, -0.25) is 0 Å². The largest absolute Gasteiger partial charge is 0.506 e. The first-order valence-electron chi connectivity index (χ1n) is 3.55. The van der Waals surface area contributed by atoms with Crippen LogP contribution in [-0.2, 0) is 0 Å². The fraction of sp³-hybridized carbons (Fsp3) is 0.111. The Balaban J connectivity index is 2.87. The lowest BCUT2D eigenvalue weighted by molar-refractivity contribution is 0.476. The predicted molar refractivity (Wildman–Crippen MR) is 53.2 cm³/mol. The van der Waals surface area contributed by atoms with Crippen LogP contribution in [-0.4, -0.2) is 5.11 Å². The molecular formula is C9H7ClOS. The van der Waals surface area contributed by atoms with Crippen molar-refractivity contribution in [3.05, 3.63) is 28.1 Å². The Labute approximate surface area is 79.2 Å². The van der Waals surface area contributed by atoms with Crippen molar-refractivity contribution in [3.63, 3.8) is 0 Å². The van der Waals surface area contributed by atoms with Gasteiger partial charge in [0.1, 0.15) is 5.75 Å². The molecule has 0 saturated carbocycles. The van der Waals surface area contributed by atoms with Gasteiger partial charge in [-0.1, -0.05) is 11.6 Å². The van der Waals surface area contributed by atoms with E-state index < -0.39 is 0 Å². The molecule has 0 amide bonds. The van der Waals surface area contributed by atoms with Gasteiger partial charge in [-0.25, -0.2) is 0 Å². The summed E-state index contributed by atoms with van der Waals surface area (Å²) in [5.41, 5.74) is 1.18. The van der Waals surface area contributed by atoms with Gasteiger partial charge < -0.3 is 5.11 Å². The normalized spacial score (nSPS) is 10.8. The first kappa shape index (κ1) is 7.90. The van der Waals surface area contributed by atoms with Crippen LogP contribution in [0.3, 0.4) is 0 Å². The van der Waals surface area contributed by atoms with E-state index in [1.54, 1.807) is 23.5 Å². The molecule has 1 N–H and O–H groups in total. The molecule has 1 heterocycles. The van der Waals surface area contributed by atoms with Crippen LogP contribution >= 0.6 is 22.9 Å². The molecule has 0 fully saturated rings. The smallest absolute Gasteiger partial charge is 0.134 e. The zero-order chi connectivity index (χ0) is 8.72. The molecule has 0 unspecified atom stereocenters. The molecule has 3 heteroatoms. The molecule has 1 aromatic heterocycles. The highest BCUT2D eigenvalue weighted by atomic mass is 35.5. The van der Waals surface area contributed by atoms with Crippen molar-refractivity contribution in [1.29, 1.82) is 0 Å². The Kier molecular flexibility index (Phi) is 1.74. The average Bonchev–Trinajstić information content (AvgIpc) is 2.35. The van der Waals surface area contributed by atoms with Crippen LogP contribution in [0.4, 0.5) is 0 Å². The lowest BCUT2D eigenvalue weighted by Crippen LogP contribution is -1.70. The highest BCUT2D eigenvalue weighted by Gasteiger charge is 2.04. The molecule has 0 aliphatic heterocycles. The van der Waals surface area contributed by atoms with E-state index in [9.17, 15) is 5.11 Å². The van der Waals surface area contributed by atoms with Crippen LogP contribution < -0.4 is 0 Å². The van der Waals surface area contributed by atoms with Crippen molar-refractivity contribution in [1.82, 2.24) is 0 Å². The second kappa shape index (κ2) is 2.64. The number of thiophene rings is 1. The van der Waals surface area contributed by atoms with Crippen LogP contribution in [0.2, 0.25) is 5.02 Å². The minimum atomic E-state index is 0.158. The summed E-state index contributed by atoms with van der Waals surface area (Å²) in [4.78, 5) is 0. The number of phenolic OH excluding ortho intramolecular Hbond substituents is 1. The molecule has 0 radical (unpaired) electrons. The first-order valence-corrected chi connectivity index (χ1v) is 4.80. The summed E-state index contributed by atoms with van der Waals surface area (Å²) >= 11 is 7.39. The third kappa shape index (κ3) is 1.08. The molecule has 12 heavy (non-hydrogen) atoms. The van der Waals surface area contributed by atoms with E-state index in [-0.39, 0.29) is 5.75 Å². The predicted octanol–water partition coefficient (Wildman–Crippen LogP) is 3.57. The number of hydrogen-bond acceptors (Lipinski definition) is 2. The maximum atomic E-state index is 9.33. The van der Waals surface area contributed by atoms with Gasteiger partial charge in [-0.15, -0.1) is 11.3 Å². The molecule has 0 spiro atoms. The summed E-state index contributed by atoms with van der Waals surface area (Å²) < 4.78 is 1.12. The minimum absolute atomic E-state index is 0.158. The van der Waals surface area contributed by atoms with E-state index in [0.29, 0.717) is 5.02 Å². The number of hydrogen-bond donors (Lipinski definition) is 1. The van der Waals surface area contributed by atoms with Crippen LogP contribution in [0.15, 0.2) is 17.5 Å². The molecular weight excluding hydrogens is 192 g/mol. The number of phenols is 1. The Morgan fingerprint density at radius 3 is 2.92 bits per heavy atom. The highest BCUT2D eigenvalue weighted by Crippen LogP contribution is 2.33. The van der Waals surface area contributed by atoms with Crippen molar-refractivity contribution in [3.8, 4) is 5.75 Å². The maximum absolute atomic E-state index is 9.33. The van der Waals surface area contributed by atoms with Crippen LogP contribution in [0.5, 0.6) is 5.75 Å². The van der Waals surface area contributed by atoms with E-state index in [2.05, 4.69) is 5.38 Å². The highest BCUT2D eigenvalue weighted by molar-refractivity contribution is 7.17. The molecule has 0 saturated heterocycles. The van der Waals surface area contributed by atoms with Gasteiger partial charge in [-0.05, 0) is 35.4 Å². The van der Waals surface area contributed by atoms with Gasteiger partial charge in [0.15, 0.2) is 0 Å². The third-order valence-corrected chi connectivity index (χ3v) is 3.20. The Morgan fingerprint density at radius 1 is 1.42 bits per heavy atom. The maximum Gasteiger partial charge on any atom is 0.134 e. The molecule has 0 aliphatic rings. The molecule has 2 aromatic rings. The second-order valence-electron chi connectivity index (χ2n) is 2.72. The molecule has 0 bridgehead atoms. The van der Waals surface area contributed by atoms with E-state index in [0.717, 1.165) is 10.1 Å². The summed E-state index contributed by atoms with van der Waals surface area (Å²) in [5, 5.41) is 12.9. The molecule has 1 nitrogen and oxygen atoms in total. The van der Waals surface area contributed by atoms with E-state index in [4.69, 9.17) is 11.6 Å². The van der Waals surface area contributed by atoms with Gasteiger partial charge in [0.05, 0.1) is 5.02 Å². The van der Waals surface area contributed by atoms with E-state index >= 15 is 0 Å². The summed E-state index contributed by atoms with van der Waals surface area (Å²) in [5.74, 6) is 0.158. The summed E-state index contributed by atoms with van der Waals surface area (Å²) in [6.45, 7) is 2.02. The lowest BCUT2D eigenvalue weighted by Gasteiger charge is -1.96. The van der Waals surface area contributed by atoms with Gasteiger partial charge in [0, 0.05) is 4.70 Å². The Morgan fingerprint density at radius 2 is 2.17 bits per heavy atom. The number of benzene rings is 1. The van der Waals surface area contributed by atoms with Gasteiger partial charge in [0.25, 0.3) is 0 Å². The number of aryl methyl sites for hydroxylation is 1. The third-order valence-electron chi connectivity index (χ3n) is 1.84. The lowest BCUT2D eigenvalue weighted by atomic mass is 10.2. The van der Waals surface area contributed by atoms with Gasteiger partial charge >= 0.3 is 0 Å². The van der Waals surface area contributed by atoms with Crippen molar-refractivity contribution in [2.24, 2.45) is 0 Å². The van der Waals surface area contributed by atoms with Gasteiger partial charge in [-0.2, -0.15) is 0 Å². The van der Waals surface area contributed by atoms with Crippen molar-refractivity contribution < 1.29 is 5.11 Å². The molecule has 62 valence electrons. The number of rotatable bonds is 0. The van der Waals surface area contributed by atoms with E-state index in [1.807, 2.05) is 6.92 Å². The van der Waals surface area contributed by atoms with Crippen molar-refractivity contribution in [2.45, 2.75) is 6.92 Å². The number of halogens is 1. The topological polar surface area (TPSA) is 20.2 Å². The van der Waals surface area contributed by atoms with Crippen LogP contribution in [0.25, 0.3) is 10.1 Å². The van der Waals surface area contributed by atoms with Crippen molar-refractivity contribution >= 4 is 33.0 Å². The SMILES string of the molecule is Cc1csc2cc(Cl)c(O)cc12. The molecule has 0 atom stereocenters. The zero-order valence-electron chi connectivity index (χ0n) is 6.47. The van der Waals surface area contributed by atoms with Crippen molar-refractivity contribution in [2.75, 3.05) is 0 Å². The summed E-state index contributed by atoms with van der Waals surface area (Å²) in [7, 11) is 0. The van der Waals surface area contributed by atoms with E-state index in [1.165, 1.54) is 5.56 Å². The fourth-order valence-electron chi connectivity index (χ4n) is 1.16. The minimum Gasteiger partial charge on any atom is -0.506 e. The van der Waals surface area contributed by atoms with Crippen LogP contribution in [0.1, 0.15) is 5.56 Å². The molecule has 2 rings (SSSR count).